The van der Waals surface area contributed by atoms with Gasteiger partial charge in [0.2, 0.25) is 0 Å². The van der Waals surface area contributed by atoms with Gasteiger partial charge in [0.05, 0.1) is 25.0 Å². The second-order valence-electron chi connectivity index (χ2n) is 6.95. The number of carbonyl (C=O) groups is 2. The normalized spacial score (nSPS) is 13.5. The highest BCUT2D eigenvalue weighted by Gasteiger charge is 2.33. The number of benzene rings is 1. The van der Waals surface area contributed by atoms with E-state index >= 15 is 0 Å². The van der Waals surface area contributed by atoms with Crippen LogP contribution < -0.4 is 25.6 Å². The highest BCUT2D eigenvalue weighted by molar-refractivity contribution is 6.11. The number of aromatic amines is 1. The Morgan fingerprint density at radius 1 is 1.37 bits per heavy atom. The van der Waals surface area contributed by atoms with Gasteiger partial charge in [-0.25, -0.2) is 9.78 Å². The van der Waals surface area contributed by atoms with Crippen LogP contribution in [0.2, 0.25) is 0 Å². The number of anilines is 2. The van der Waals surface area contributed by atoms with Gasteiger partial charge in [-0.15, -0.1) is 0 Å². The van der Waals surface area contributed by atoms with E-state index in [4.69, 9.17) is 10.5 Å². The minimum Gasteiger partial charge on any atom is -0.497 e. The van der Waals surface area contributed by atoms with Gasteiger partial charge in [-0.3, -0.25) is 14.6 Å². The second kappa shape index (κ2) is 8.03. The third-order valence-electron chi connectivity index (χ3n) is 5.14. The molecule has 0 spiro atoms. The topological polar surface area (TPSA) is 117 Å². The fraction of sp³-hybridized carbons (Fsp3) is 0.286. The van der Waals surface area contributed by atoms with E-state index in [1.807, 2.05) is 19.2 Å². The molecule has 0 saturated carbocycles. The number of rotatable bonds is 6. The number of methoxy groups -OCH3 is 1. The van der Waals surface area contributed by atoms with Crippen LogP contribution >= 0.6 is 0 Å². The van der Waals surface area contributed by atoms with Crippen molar-refractivity contribution in [2.45, 2.75) is 13.5 Å². The molecule has 9 nitrogen and oxygen atoms in total. The summed E-state index contributed by atoms with van der Waals surface area (Å²) in [5.74, 6) is 0.222. The first-order valence-electron chi connectivity index (χ1n) is 9.78. The van der Waals surface area contributed by atoms with Gasteiger partial charge in [0, 0.05) is 54.6 Å². The van der Waals surface area contributed by atoms with Crippen molar-refractivity contribution in [1.29, 1.82) is 0 Å². The summed E-state index contributed by atoms with van der Waals surface area (Å²) in [5, 5.41) is 3.66. The Bertz CT molecular complexity index is 1110. The standard InChI is InChI=1S/C21H24N6O3/c1-3-26-18-14(11-25-19-17(18)4-6-23-19)12-27(21(26)29)15-8-13(9-16(10-15)30-2)20(28)24-7-5-22/h4,6,8-11H,3,5,7,12,22H2,1-2H3,(H,23,25)(H,24,28). The molecule has 0 saturated heterocycles. The number of urea groups is 1. The second-order valence-corrected chi connectivity index (χ2v) is 6.95. The number of nitrogens with one attached hydrogen (secondary N) is 2. The highest BCUT2D eigenvalue weighted by atomic mass is 16.5. The molecule has 1 aliphatic heterocycles. The van der Waals surface area contributed by atoms with Crippen molar-refractivity contribution in [2.24, 2.45) is 5.73 Å². The maximum absolute atomic E-state index is 13.4. The molecule has 4 N–H and O–H groups in total. The molecule has 0 atom stereocenters. The molecule has 2 aromatic heterocycles. The van der Waals surface area contributed by atoms with Gasteiger partial charge >= 0.3 is 6.03 Å². The molecule has 3 aromatic rings. The molecule has 0 fully saturated rings. The lowest BCUT2D eigenvalue weighted by Crippen LogP contribution is -2.47. The van der Waals surface area contributed by atoms with Crippen molar-refractivity contribution in [1.82, 2.24) is 15.3 Å². The minimum atomic E-state index is -0.270. The molecule has 0 bridgehead atoms. The zero-order valence-corrected chi connectivity index (χ0v) is 16.9. The summed E-state index contributed by atoms with van der Waals surface area (Å²) in [6, 6.07) is 6.84. The van der Waals surface area contributed by atoms with Gasteiger partial charge in [-0.2, -0.15) is 0 Å². The molecular weight excluding hydrogens is 384 g/mol. The van der Waals surface area contributed by atoms with E-state index in [-0.39, 0.29) is 11.9 Å². The third kappa shape index (κ3) is 3.33. The molecule has 1 aliphatic rings. The third-order valence-corrected chi connectivity index (χ3v) is 5.14. The Labute approximate surface area is 173 Å². The van der Waals surface area contributed by atoms with Crippen molar-refractivity contribution < 1.29 is 14.3 Å². The summed E-state index contributed by atoms with van der Waals surface area (Å²) in [5.41, 5.74) is 9.00. The fourth-order valence-corrected chi connectivity index (χ4v) is 3.72. The number of ether oxygens (including phenoxy) is 1. The number of nitrogens with zero attached hydrogens (tertiary/aromatic N) is 3. The molecule has 156 valence electrons. The van der Waals surface area contributed by atoms with Crippen LogP contribution in [0, 0.1) is 0 Å². The Kier molecular flexibility index (Phi) is 5.28. The van der Waals surface area contributed by atoms with Gasteiger partial charge in [0.15, 0.2) is 0 Å². The number of carbonyl (C=O) groups excluding carboxylic acids is 2. The summed E-state index contributed by atoms with van der Waals surface area (Å²) in [6.45, 7) is 3.48. The van der Waals surface area contributed by atoms with Crippen LogP contribution in [0.4, 0.5) is 16.2 Å². The van der Waals surface area contributed by atoms with E-state index in [1.165, 1.54) is 7.11 Å². The predicted octanol–water partition coefficient (Wildman–Crippen LogP) is 2.23. The first-order chi connectivity index (χ1) is 14.6. The maximum Gasteiger partial charge on any atom is 0.329 e. The average molecular weight is 408 g/mol. The number of hydrogen-bond donors (Lipinski definition) is 3. The number of H-pyrrole nitrogens is 1. The Balaban J connectivity index is 1.77. The minimum absolute atomic E-state index is 0.166. The monoisotopic (exact) mass is 408 g/mol. The molecule has 0 unspecified atom stereocenters. The number of hydrogen-bond acceptors (Lipinski definition) is 5. The maximum atomic E-state index is 13.4. The molecule has 3 amide bonds. The van der Waals surface area contributed by atoms with Gasteiger partial charge < -0.3 is 20.8 Å². The zero-order chi connectivity index (χ0) is 21.3. The van der Waals surface area contributed by atoms with Gasteiger partial charge in [-0.1, -0.05) is 0 Å². The first-order valence-corrected chi connectivity index (χ1v) is 9.78. The highest BCUT2D eigenvalue weighted by Crippen LogP contribution is 2.37. The Morgan fingerprint density at radius 3 is 2.93 bits per heavy atom. The quantitative estimate of drug-likeness (QED) is 0.578. The summed E-state index contributed by atoms with van der Waals surface area (Å²) in [6.07, 6.45) is 3.60. The summed E-state index contributed by atoms with van der Waals surface area (Å²) < 4.78 is 5.37. The molecule has 1 aromatic carbocycles. The van der Waals surface area contributed by atoms with E-state index in [1.54, 1.807) is 34.2 Å². The van der Waals surface area contributed by atoms with Crippen molar-refractivity contribution >= 4 is 34.3 Å². The van der Waals surface area contributed by atoms with Crippen molar-refractivity contribution in [3.05, 3.63) is 47.8 Å². The van der Waals surface area contributed by atoms with Crippen LogP contribution in [0.3, 0.4) is 0 Å². The van der Waals surface area contributed by atoms with Crippen LogP contribution in [-0.2, 0) is 6.54 Å². The van der Waals surface area contributed by atoms with Gasteiger partial charge in [0.1, 0.15) is 11.4 Å². The number of amides is 3. The predicted molar refractivity (Wildman–Crippen MR) is 115 cm³/mol. The average Bonchev–Trinajstić information content (AvgIpc) is 3.25. The van der Waals surface area contributed by atoms with Crippen molar-refractivity contribution in [2.75, 3.05) is 36.5 Å². The Morgan fingerprint density at radius 2 is 2.20 bits per heavy atom. The summed E-state index contributed by atoms with van der Waals surface area (Å²) in [7, 11) is 1.53. The van der Waals surface area contributed by atoms with Gasteiger partial charge in [0.25, 0.3) is 5.91 Å². The summed E-state index contributed by atoms with van der Waals surface area (Å²) >= 11 is 0. The summed E-state index contributed by atoms with van der Waals surface area (Å²) in [4.78, 5) is 36.8. The molecule has 30 heavy (non-hydrogen) atoms. The van der Waals surface area contributed by atoms with Crippen LogP contribution in [0.15, 0.2) is 36.7 Å². The van der Waals surface area contributed by atoms with E-state index in [2.05, 4.69) is 15.3 Å². The largest absolute Gasteiger partial charge is 0.497 e. The first kappa shape index (κ1) is 19.7. The van der Waals surface area contributed by atoms with Crippen molar-refractivity contribution in [3.63, 3.8) is 0 Å². The SMILES string of the molecule is CCN1C(=O)N(c2cc(OC)cc(C(=O)NCCN)c2)Cc2cnc3[nH]ccc3c21. The van der Waals surface area contributed by atoms with Crippen LogP contribution in [0.1, 0.15) is 22.8 Å². The van der Waals surface area contributed by atoms with Crippen LogP contribution in [0.5, 0.6) is 5.75 Å². The van der Waals surface area contributed by atoms with E-state index in [0.717, 1.165) is 22.3 Å². The number of aromatic nitrogens is 2. The molecule has 4 rings (SSSR count). The molecule has 0 radical (unpaired) electrons. The number of nitrogens with two attached hydrogens (primary N) is 1. The molecule has 9 heteroatoms. The smallest absolute Gasteiger partial charge is 0.329 e. The molecule has 0 aliphatic carbocycles. The van der Waals surface area contributed by atoms with Crippen molar-refractivity contribution in [3.8, 4) is 5.75 Å². The Hall–Kier alpha value is -3.59. The lowest BCUT2D eigenvalue weighted by atomic mass is 10.1. The molecular formula is C21H24N6O3. The van der Waals surface area contributed by atoms with Crippen LogP contribution in [0.25, 0.3) is 11.0 Å². The lowest BCUT2D eigenvalue weighted by molar-refractivity contribution is 0.0954. The molecule has 3 heterocycles. The zero-order valence-electron chi connectivity index (χ0n) is 16.9. The van der Waals surface area contributed by atoms with E-state index in [9.17, 15) is 9.59 Å². The van der Waals surface area contributed by atoms with E-state index in [0.29, 0.717) is 43.2 Å². The number of pyridine rings is 1. The fourth-order valence-electron chi connectivity index (χ4n) is 3.72. The van der Waals surface area contributed by atoms with Crippen LogP contribution in [-0.4, -0.2) is 48.7 Å². The van der Waals surface area contributed by atoms with Gasteiger partial charge in [-0.05, 0) is 25.1 Å². The lowest BCUT2D eigenvalue weighted by Gasteiger charge is -2.37. The van der Waals surface area contributed by atoms with E-state index < -0.39 is 0 Å². The number of fused-ring (bicyclic) bond motifs is 3.